The highest BCUT2D eigenvalue weighted by Crippen LogP contribution is 2.01. The van der Waals surface area contributed by atoms with E-state index in [0.29, 0.717) is 5.76 Å². The monoisotopic (exact) mass is 218 g/mol. The van der Waals surface area contributed by atoms with Crippen molar-refractivity contribution in [2.75, 3.05) is 6.61 Å². The summed E-state index contributed by atoms with van der Waals surface area (Å²) in [6.07, 6.45) is 2.88. The highest BCUT2D eigenvalue weighted by atomic mass is 16.7. The molecule has 0 radical (unpaired) electrons. The minimum atomic E-state index is -0.731. The molecule has 0 aromatic heterocycles. The van der Waals surface area contributed by atoms with Crippen LogP contribution in [-0.2, 0) is 9.47 Å². The van der Waals surface area contributed by atoms with Gasteiger partial charge in [0.2, 0.25) is 0 Å². The Morgan fingerprint density at radius 3 is 2.69 bits per heavy atom. The van der Waals surface area contributed by atoms with Gasteiger partial charge in [-0.2, -0.15) is 0 Å². The first kappa shape index (κ1) is 12.0. The Bertz CT molecular complexity index is 379. The largest absolute Gasteiger partial charge is 0.513 e. The van der Waals surface area contributed by atoms with Gasteiger partial charge in [0.25, 0.3) is 0 Å². The van der Waals surface area contributed by atoms with Gasteiger partial charge in [0.05, 0.1) is 0 Å². The molecule has 0 bridgehead atoms. The Kier molecular flexibility index (Phi) is 4.86. The van der Waals surface area contributed by atoms with Gasteiger partial charge in [-0.25, -0.2) is 4.79 Å². The van der Waals surface area contributed by atoms with Crippen molar-refractivity contribution >= 4 is 12.2 Å². The van der Waals surface area contributed by atoms with Crippen molar-refractivity contribution in [2.45, 2.75) is 6.92 Å². The Hall–Kier alpha value is -2.03. The van der Waals surface area contributed by atoms with Crippen molar-refractivity contribution in [3.63, 3.8) is 0 Å². The van der Waals surface area contributed by atoms with Gasteiger partial charge >= 0.3 is 6.16 Å². The average Bonchev–Trinajstić information content (AvgIpc) is 2.25. The van der Waals surface area contributed by atoms with Crippen molar-refractivity contribution in [1.29, 1.82) is 0 Å². The maximum absolute atomic E-state index is 10.9. The van der Waals surface area contributed by atoms with Crippen LogP contribution >= 0.6 is 0 Å². The first-order valence-corrected chi connectivity index (χ1v) is 4.90. The lowest BCUT2D eigenvalue weighted by molar-refractivity contribution is 0.0872. The fourth-order valence-electron chi connectivity index (χ4n) is 1.04. The molecule has 3 heteroatoms. The van der Waals surface area contributed by atoms with Gasteiger partial charge in [-0.15, -0.1) is 0 Å². The van der Waals surface area contributed by atoms with Crippen molar-refractivity contribution in [2.24, 2.45) is 0 Å². The maximum atomic E-state index is 10.9. The molecular formula is C13H14O3. The van der Waals surface area contributed by atoms with Gasteiger partial charge in [0, 0.05) is 0 Å². The number of carbonyl (C=O) groups excluding carboxylic acids is 1. The van der Waals surface area contributed by atoms with E-state index in [1.807, 2.05) is 36.4 Å². The predicted molar refractivity (Wildman–Crippen MR) is 62.7 cm³/mol. The first-order valence-electron chi connectivity index (χ1n) is 4.90. The molecule has 16 heavy (non-hydrogen) atoms. The number of hydrogen-bond acceptors (Lipinski definition) is 3. The molecule has 0 aliphatic heterocycles. The first-order chi connectivity index (χ1) is 7.68. The maximum Gasteiger partial charge on any atom is 0.513 e. The van der Waals surface area contributed by atoms with E-state index in [9.17, 15) is 4.79 Å². The lowest BCUT2D eigenvalue weighted by atomic mass is 10.2. The van der Waals surface area contributed by atoms with E-state index in [0.717, 1.165) is 5.56 Å². The highest BCUT2D eigenvalue weighted by Gasteiger charge is 2.01. The summed E-state index contributed by atoms with van der Waals surface area (Å²) in [5.74, 6) is 0.317. The van der Waals surface area contributed by atoms with Gasteiger partial charge in [0.1, 0.15) is 12.4 Å². The van der Waals surface area contributed by atoms with E-state index >= 15 is 0 Å². The Labute approximate surface area is 95.0 Å². The summed E-state index contributed by atoms with van der Waals surface area (Å²) in [5.41, 5.74) is 1.05. The topological polar surface area (TPSA) is 35.5 Å². The van der Waals surface area contributed by atoms with Gasteiger partial charge < -0.3 is 9.47 Å². The van der Waals surface area contributed by atoms with Crippen molar-refractivity contribution < 1.29 is 14.3 Å². The Balaban J connectivity index is 2.28. The smallest absolute Gasteiger partial charge is 0.430 e. The highest BCUT2D eigenvalue weighted by molar-refractivity contribution is 5.61. The third-order valence-electron chi connectivity index (χ3n) is 1.66. The number of allylic oxidation sites excluding steroid dienone is 1. The summed E-state index contributed by atoms with van der Waals surface area (Å²) in [5, 5.41) is 0. The van der Waals surface area contributed by atoms with E-state index in [1.54, 1.807) is 13.0 Å². The van der Waals surface area contributed by atoms with Crippen LogP contribution in [0.5, 0.6) is 0 Å². The predicted octanol–water partition coefficient (Wildman–Crippen LogP) is 3.39. The molecule has 0 fully saturated rings. The molecule has 0 saturated heterocycles. The molecule has 1 rings (SSSR count). The van der Waals surface area contributed by atoms with Crippen LogP contribution in [0.4, 0.5) is 4.79 Å². The SMILES string of the molecule is C=C(C)OC(=O)OC/C=C/c1ccccc1. The second-order valence-corrected chi connectivity index (χ2v) is 3.18. The molecule has 3 nitrogen and oxygen atoms in total. The molecule has 0 spiro atoms. The molecule has 0 amide bonds. The summed E-state index contributed by atoms with van der Waals surface area (Å²) in [6, 6.07) is 9.75. The summed E-state index contributed by atoms with van der Waals surface area (Å²) in [7, 11) is 0. The summed E-state index contributed by atoms with van der Waals surface area (Å²) in [6.45, 7) is 5.20. The van der Waals surface area contributed by atoms with Gasteiger partial charge in [-0.3, -0.25) is 0 Å². The number of carbonyl (C=O) groups is 1. The zero-order chi connectivity index (χ0) is 11.8. The molecule has 1 aromatic carbocycles. The molecular weight excluding hydrogens is 204 g/mol. The van der Waals surface area contributed by atoms with E-state index in [4.69, 9.17) is 4.74 Å². The number of hydrogen-bond donors (Lipinski definition) is 0. The molecule has 84 valence electrons. The van der Waals surface area contributed by atoms with Gasteiger partial charge in [0.15, 0.2) is 0 Å². The molecule has 0 atom stereocenters. The van der Waals surface area contributed by atoms with E-state index < -0.39 is 6.16 Å². The second kappa shape index (κ2) is 6.45. The lowest BCUT2D eigenvalue weighted by Gasteiger charge is -2.01. The molecule has 1 aromatic rings. The van der Waals surface area contributed by atoms with Gasteiger partial charge in [-0.1, -0.05) is 43.0 Å². The molecule has 0 aliphatic carbocycles. The quantitative estimate of drug-likeness (QED) is 0.574. The summed E-state index contributed by atoms with van der Waals surface area (Å²) in [4.78, 5) is 10.9. The van der Waals surface area contributed by atoms with Crippen LogP contribution in [-0.4, -0.2) is 12.8 Å². The van der Waals surface area contributed by atoms with E-state index in [1.165, 1.54) is 0 Å². The normalized spacial score (nSPS) is 10.1. The fourth-order valence-corrected chi connectivity index (χ4v) is 1.04. The van der Waals surface area contributed by atoms with Crippen LogP contribution in [0.3, 0.4) is 0 Å². The minimum absolute atomic E-state index is 0.182. The Morgan fingerprint density at radius 1 is 1.38 bits per heavy atom. The molecule has 0 heterocycles. The lowest BCUT2D eigenvalue weighted by Crippen LogP contribution is -2.05. The van der Waals surface area contributed by atoms with Crippen molar-refractivity contribution in [3.8, 4) is 0 Å². The minimum Gasteiger partial charge on any atom is -0.430 e. The van der Waals surface area contributed by atoms with Crippen molar-refractivity contribution in [3.05, 3.63) is 54.3 Å². The molecule has 0 unspecified atom stereocenters. The van der Waals surface area contributed by atoms with Crippen LogP contribution in [0, 0.1) is 0 Å². The van der Waals surface area contributed by atoms with Crippen LogP contribution in [0.2, 0.25) is 0 Å². The van der Waals surface area contributed by atoms with Crippen LogP contribution in [0.15, 0.2) is 48.7 Å². The standard InChI is InChI=1S/C13H14O3/c1-11(2)16-13(14)15-10-6-9-12-7-4-3-5-8-12/h3-9H,1,10H2,2H3/b9-6+. The number of rotatable bonds is 4. The summed E-state index contributed by atoms with van der Waals surface area (Å²) < 4.78 is 9.38. The zero-order valence-electron chi connectivity index (χ0n) is 9.18. The van der Waals surface area contributed by atoms with E-state index in [-0.39, 0.29) is 6.61 Å². The summed E-state index contributed by atoms with van der Waals surface area (Å²) >= 11 is 0. The fraction of sp³-hybridized carbons (Fsp3) is 0.154. The molecule has 0 saturated carbocycles. The second-order valence-electron chi connectivity index (χ2n) is 3.18. The molecule has 0 aliphatic rings. The number of benzene rings is 1. The number of ether oxygens (including phenoxy) is 2. The third-order valence-corrected chi connectivity index (χ3v) is 1.66. The Morgan fingerprint density at radius 2 is 2.06 bits per heavy atom. The third kappa shape index (κ3) is 5.00. The van der Waals surface area contributed by atoms with E-state index in [2.05, 4.69) is 11.3 Å². The zero-order valence-corrected chi connectivity index (χ0v) is 9.18. The molecule has 0 N–H and O–H groups in total. The van der Waals surface area contributed by atoms with Crippen LogP contribution in [0.1, 0.15) is 12.5 Å². The van der Waals surface area contributed by atoms with Crippen LogP contribution < -0.4 is 0 Å². The van der Waals surface area contributed by atoms with Crippen molar-refractivity contribution in [1.82, 2.24) is 0 Å². The van der Waals surface area contributed by atoms with Crippen LogP contribution in [0.25, 0.3) is 6.08 Å². The average molecular weight is 218 g/mol. The van der Waals surface area contributed by atoms with Gasteiger partial charge in [-0.05, 0) is 18.6 Å².